The molecule has 1 unspecified atom stereocenters. The summed E-state index contributed by atoms with van der Waals surface area (Å²) in [6.07, 6.45) is -7.95. The van der Waals surface area contributed by atoms with Gasteiger partial charge >= 0.3 is 12.4 Å². The maximum atomic E-state index is 12.3. The van der Waals surface area contributed by atoms with Gasteiger partial charge in [-0.2, -0.15) is 26.3 Å². The Balaban J connectivity index is 4.90. The molecule has 0 aliphatic rings. The van der Waals surface area contributed by atoms with E-state index in [0.717, 1.165) is 19.1 Å². The summed E-state index contributed by atoms with van der Waals surface area (Å²) in [5.41, 5.74) is -1.16. The molecule has 0 saturated carbocycles. The van der Waals surface area contributed by atoms with Crippen molar-refractivity contribution in [3.05, 3.63) is 23.8 Å². The minimum atomic E-state index is -4.71. The molecule has 0 heterocycles. The highest BCUT2D eigenvalue weighted by Crippen LogP contribution is 2.37. The van der Waals surface area contributed by atoms with Crippen molar-refractivity contribution >= 4 is 0 Å². The third kappa shape index (κ3) is 4.72. The highest BCUT2D eigenvalue weighted by Gasteiger charge is 2.42. The molecule has 16 heavy (non-hydrogen) atoms. The number of hydrogen-bond acceptors (Lipinski definition) is 0. The molecule has 0 aromatic carbocycles. The van der Waals surface area contributed by atoms with Crippen molar-refractivity contribution < 1.29 is 26.3 Å². The molecular formula is C10H12F6. The van der Waals surface area contributed by atoms with Gasteiger partial charge in [-0.05, 0) is 20.3 Å². The molecule has 0 N–H and O–H groups in total. The van der Waals surface area contributed by atoms with Crippen LogP contribution in [0.5, 0.6) is 0 Å². The molecule has 0 nitrogen and oxygen atoms in total. The van der Waals surface area contributed by atoms with Crippen LogP contribution in [0.4, 0.5) is 26.3 Å². The second kappa shape index (κ2) is 5.41. The van der Waals surface area contributed by atoms with Crippen molar-refractivity contribution in [1.29, 1.82) is 0 Å². The van der Waals surface area contributed by atoms with Crippen LogP contribution in [-0.4, -0.2) is 12.4 Å². The first-order chi connectivity index (χ1) is 7.12. The molecule has 0 amide bonds. The molecule has 0 aromatic heterocycles. The standard InChI is InChI=1S/C10H12F6/c1-3-5-8(10(14,15)16)6-7(4-2)9(11,12)13/h3-5,8H,6H2,1-2H3/b5-3+,7-4+. The first kappa shape index (κ1) is 15.1. The number of allylic oxidation sites excluding steroid dienone is 4. The average Bonchev–Trinajstić information content (AvgIpc) is 2.07. The van der Waals surface area contributed by atoms with E-state index in [-0.39, 0.29) is 0 Å². The van der Waals surface area contributed by atoms with Gasteiger partial charge in [-0.25, -0.2) is 0 Å². The van der Waals surface area contributed by atoms with Gasteiger partial charge in [-0.15, -0.1) is 0 Å². The fourth-order valence-corrected chi connectivity index (χ4v) is 1.16. The number of halogens is 6. The molecule has 1 atom stereocenters. The Labute approximate surface area is 89.6 Å². The molecule has 6 heteroatoms. The maximum absolute atomic E-state index is 12.3. The summed E-state index contributed by atoms with van der Waals surface area (Å²) in [7, 11) is 0. The summed E-state index contributed by atoms with van der Waals surface area (Å²) in [5, 5.41) is 0. The number of hydrogen-bond donors (Lipinski definition) is 0. The van der Waals surface area contributed by atoms with Crippen LogP contribution in [0.15, 0.2) is 23.8 Å². The molecule has 0 aromatic rings. The Hall–Kier alpha value is -0.940. The van der Waals surface area contributed by atoms with Gasteiger partial charge in [0.05, 0.1) is 5.92 Å². The quantitative estimate of drug-likeness (QED) is 0.502. The lowest BCUT2D eigenvalue weighted by atomic mass is 9.97. The van der Waals surface area contributed by atoms with Gasteiger partial charge in [0.1, 0.15) is 0 Å². The molecule has 0 spiro atoms. The largest absolute Gasteiger partial charge is 0.412 e. The summed E-state index contributed by atoms with van der Waals surface area (Å²) in [4.78, 5) is 0. The van der Waals surface area contributed by atoms with Crippen molar-refractivity contribution in [1.82, 2.24) is 0 Å². The Kier molecular flexibility index (Phi) is 5.09. The van der Waals surface area contributed by atoms with E-state index in [1.54, 1.807) is 0 Å². The van der Waals surface area contributed by atoms with Crippen LogP contribution in [0.3, 0.4) is 0 Å². The first-order valence-corrected chi connectivity index (χ1v) is 4.54. The zero-order valence-electron chi connectivity index (χ0n) is 8.78. The summed E-state index contributed by atoms with van der Waals surface area (Å²) >= 11 is 0. The van der Waals surface area contributed by atoms with Gasteiger partial charge < -0.3 is 0 Å². The summed E-state index contributed by atoms with van der Waals surface area (Å²) in [5.74, 6) is -2.09. The van der Waals surface area contributed by atoms with E-state index >= 15 is 0 Å². The maximum Gasteiger partial charge on any atom is 0.412 e. The van der Waals surface area contributed by atoms with Crippen molar-refractivity contribution in [2.75, 3.05) is 0 Å². The fraction of sp³-hybridized carbons (Fsp3) is 0.600. The van der Waals surface area contributed by atoms with Gasteiger partial charge in [0, 0.05) is 5.57 Å². The van der Waals surface area contributed by atoms with Crippen molar-refractivity contribution in [3.63, 3.8) is 0 Å². The second-order valence-electron chi connectivity index (χ2n) is 3.19. The molecule has 0 rings (SSSR count). The Morgan fingerprint density at radius 2 is 1.56 bits per heavy atom. The van der Waals surface area contributed by atoms with Crippen LogP contribution in [0.1, 0.15) is 20.3 Å². The Morgan fingerprint density at radius 1 is 1.06 bits per heavy atom. The summed E-state index contributed by atoms with van der Waals surface area (Å²) < 4.78 is 73.8. The zero-order valence-corrected chi connectivity index (χ0v) is 8.78. The van der Waals surface area contributed by atoms with Crippen molar-refractivity contribution in [2.45, 2.75) is 32.6 Å². The predicted molar refractivity (Wildman–Crippen MR) is 48.8 cm³/mol. The summed E-state index contributed by atoms with van der Waals surface area (Å²) in [6, 6.07) is 0. The van der Waals surface area contributed by atoms with Crippen molar-refractivity contribution in [3.8, 4) is 0 Å². The monoisotopic (exact) mass is 246 g/mol. The summed E-state index contributed by atoms with van der Waals surface area (Å²) in [6.45, 7) is 2.41. The van der Waals surface area contributed by atoms with Gasteiger partial charge in [0.25, 0.3) is 0 Å². The molecule has 0 radical (unpaired) electrons. The third-order valence-electron chi connectivity index (χ3n) is 2.00. The molecule has 0 bridgehead atoms. The first-order valence-electron chi connectivity index (χ1n) is 4.54. The average molecular weight is 246 g/mol. The number of rotatable bonds is 3. The van der Waals surface area contributed by atoms with E-state index in [9.17, 15) is 26.3 Å². The van der Waals surface area contributed by atoms with Gasteiger partial charge in [-0.1, -0.05) is 18.2 Å². The topological polar surface area (TPSA) is 0 Å². The van der Waals surface area contributed by atoms with E-state index < -0.39 is 30.3 Å². The van der Waals surface area contributed by atoms with E-state index in [4.69, 9.17) is 0 Å². The van der Waals surface area contributed by atoms with Crippen LogP contribution in [0, 0.1) is 5.92 Å². The van der Waals surface area contributed by atoms with Crippen LogP contribution < -0.4 is 0 Å². The van der Waals surface area contributed by atoms with E-state index in [1.165, 1.54) is 6.92 Å². The Bertz CT molecular complexity index is 268. The third-order valence-corrected chi connectivity index (χ3v) is 2.00. The van der Waals surface area contributed by atoms with Gasteiger partial charge in [0.2, 0.25) is 0 Å². The normalized spacial score (nSPS) is 16.9. The lowest BCUT2D eigenvalue weighted by Gasteiger charge is -2.19. The molecule has 0 fully saturated rings. The minimum Gasteiger partial charge on any atom is -0.170 e. The van der Waals surface area contributed by atoms with Crippen LogP contribution in [0.25, 0.3) is 0 Å². The van der Waals surface area contributed by atoms with E-state index in [1.807, 2.05) is 0 Å². The lowest BCUT2D eigenvalue weighted by Crippen LogP contribution is -2.25. The highest BCUT2D eigenvalue weighted by atomic mass is 19.4. The van der Waals surface area contributed by atoms with Gasteiger partial charge in [0.15, 0.2) is 0 Å². The van der Waals surface area contributed by atoms with Crippen LogP contribution >= 0.6 is 0 Å². The molecule has 0 aliphatic heterocycles. The van der Waals surface area contributed by atoms with Crippen molar-refractivity contribution in [2.24, 2.45) is 5.92 Å². The van der Waals surface area contributed by atoms with E-state index in [0.29, 0.717) is 6.08 Å². The van der Waals surface area contributed by atoms with E-state index in [2.05, 4.69) is 0 Å². The molecular weight excluding hydrogens is 234 g/mol. The fourth-order valence-electron chi connectivity index (χ4n) is 1.16. The SMILES string of the molecule is C/C=C/C(C/C(=C\C)C(F)(F)F)C(F)(F)F. The second-order valence-corrected chi connectivity index (χ2v) is 3.19. The number of alkyl halides is 6. The molecule has 0 aliphatic carbocycles. The zero-order chi connectivity index (χ0) is 13.0. The lowest BCUT2D eigenvalue weighted by molar-refractivity contribution is -0.165. The Morgan fingerprint density at radius 3 is 1.81 bits per heavy atom. The smallest absolute Gasteiger partial charge is 0.170 e. The van der Waals surface area contributed by atoms with Crippen LogP contribution in [-0.2, 0) is 0 Å². The highest BCUT2D eigenvalue weighted by molar-refractivity contribution is 5.11. The molecule has 94 valence electrons. The van der Waals surface area contributed by atoms with Gasteiger partial charge in [-0.3, -0.25) is 0 Å². The van der Waals surface area contributed by atoms with Crippen LogP contribution in [0.2, 0.25) is 0 Å². The minimum absolute atomic E-state index is 0.669. The predicted octanol–water partition coefficient (Wildman–Crippen LogP) is 4.64. The molecule has 0 saturated heterocycles.